The first-order chi connectivity index (χ1) is 16.4. The molecule has 0 saturated heterocycles. The van der Waals surface area contributed by atoms with Crippen molar-refractivity contribution in [1.29, 1.82) is 0 Å². The van der Waals surface area contributed by atoms with Gasteiger partial charge in [0.1, 0.15) is 12.2 Å². The Hall–Kier alpha value is -0.570. The van der Waals surface area contributed by atoms with Gasteiger partial charge in [0.2, 0.25) is 0 Å². The summed E-state index contributed by atoms with van der Waals surface area (Å²) in [6.45, 7) is 1.20. The minimum atomic E-state index is -4.39. The van der Waals surface area contributed by atoms with E-state index in [9.17, 15) is 14.6 Å². The van der Waals surface area contributed by atoms with Gasteiger partial charge < -0.3 is 24.9 Å². The third-order valence-corrected chi connectivity index (χ3v) is 6.07. The van der Waals surface area contributed by atoms with Gasteiger partial charge in [-0.15, -0.1) is 0 Å². The summed E-state index contributed by atoms with van der Waals surface area (Å²) in [5, 5.41) is 27.5. The minimum absolute atomic E-state index is 0.000352. The number of hydrogen-bond acceptors (Lipinski definition) is 7. The van der Waals surface area contributed by atoms with Crippen molar-refractivity contribution in [1.82, 2.24) is 0 Å². The number of rotatable bonds is 25. The molecule has 0 aliphatic heterocycles. The van der Waals surface area contributed by atoms with Gasteiger partial charge >= 0.3 is 7.82 Å². The van der Waals surface area contributed by atoms with Gasteiger partial charge in [-0.05, 0) is 38.5 Å². The van der Waals surface area contributed by atoms with E-state index in [1.807, 2.05) is 0 Å². The molecule has 0 fully saturated rings. The van der Waals surface area contributed by atoms with Crippen molar-refractivity contribution in [2.75, 3.05) is 33.0 Å². The van der Waals surface area contributed by atoms with Crippen molar-refractivity contribution in [3.8, 4) is 0 Å². The van der Waals surface area contributed by atoms with Crippen LogP contribution in [-0.4, -0.2) is 65.5 Å². The highest BCUT2D eigenvalue weighted by atomic mass is 31.2. The average Bonchev–Trinajstić information content (AvgIpc) is 2.82. The zero-order valence-electron chi connectivity index (χ0n) is 21.1. The lowest BCUT2D eigenvalue weighted by molar-refractivity contribution is -0.00437. The average molecular weight is 509 g/mol. The Balaban J connectivity index is 3.44. The van der Waals surface area contributed by atoms with Crippen LogP contribution in [-0.2, 0) is 18.3 Å². The molecule has 0 aliphatic rings. The molecule has 0 saturated carbocycles. The standard InChI is InChI=1S/C25H49O8P/c1-2-3-4-5-6-7-8-9-10-11-12-13-14-15-16-17-18-19-31-21-25(28)23-33-34(29,30)32-22-24(27)20-26/h7-8,10-11,24-28H,2-6,9,12-23H2,1H3,(H,29,30)/b8-7-,11-10-. The van der Waals surface area contributed by atoms with Crippen LogP contribution in [0.15, 0.2) is 24.3 Å². The fraction of sp³-hybridized carbons (Fsp3) is 0.840. The van der Waals surface area contributed by atoms with E-state index in [1.54, 1.807) is 0 Å². The molecular formula is C25H49O8P. The van der Waals surface area contributed by atoms with Crippen LogP contribution in [0.2, 0.25) is 0 Å². The molecule has 0 bridgehead atoms. The van der Waals surface area contributed by atoms with Gasteiger partial charge in [0.25, 0.3) is 0 Å². The normalized spacial score (nSPS) is 15.8. The summed E-state index contributed by atoms with van der Waals surface area (Å²) in [5.74, 6) is 0. The Bertz CT molecular complexity index is 541. The highest BCUT2D eigenvalue weighted by Crippen LogP contribution is 2.43. The molecule has 9 heteroatoms. The van der Waals surface area contributed by atoms with E-state index in [-0.39, 0.29) is 6.61 Å². The zero-order chi connectivity index (χ0) is 25.3. The van der Waals surface area contributed by atoms with Crippen molar-refractivity contribution in [2.24, 2.45) is 0 Å². The Morgan fingerprint density at radius 1 is 0.735 bits per heavy atom. The van der Waals surface area contributed by atoms with Gasteiger partial charge in [-0.3, -0.25) is 9.05 Å². The highest BCUT2D eigenvalue weighted by molar-refractivity contribution is 7.47. The van der Waals surface area contributed by atoms with E-state index in [4.69, 9.17) is 14.9 Å². The van der Waals surface area contributed by atoms with E-state index in [0.717, 1.165) is 32.1 Å². The SMILES string of the molecule is CCCCCC/C=C\C/C=C\CCCCCCCCOCC(O)COP(=O)(O)OCC(O)CO. The molecule has 3 unspecified atom stereocenters. The summed E-state index contributed by atoms with van der Waals surface area (Å²) >= 11 is 0. The van der Waals surface area contributed by atoms with Crippen molar-refractivity contribution in [3.05, 3.63) is 24.3 Å². The Morgan fingerprint density at radius 2 is 1.26 bits per heavy atom. The van der Waals surface area contributed by atoms with Gasteiger partial charge in [0.15, 0.2) is 0 Å². The van der Waals surface area contributed by atoms with Gasteiger partial charge in [-0.2, -0.15) is 0 Å². The first-order valence-electron chi connectivity index (χ1n) is 12.9. The third kappa shape index (κ3) is 24.6. The van der Waals surface area contributed by atoms with Gasteiger partial charge in [0, 0.05) is 6.61 Å². The number of phosphoric acid groups is 1. The quantitative estimate of drug-likeness (QED) is 0.0766. The largest absolute Gasteiger partial charge is 0.472 e. The molecule has 8 nitrogen and oxygen atoms in total. The van der Waals surface area contributed by atoms with E-state index in [0.29, 0.717) is 6.61 Å². The summed E-state index contributed by atoms with van der Waals surface area (Å²) < 4.78 is 26.1. The number of aliphatic hydroxyl groups is 3. The number of allylic oxidation sites excluding steroid dienone is 4. The fourth-order valence-corrected chi connectivity index (χ4v) is 3.88. The second kappa shape index (κ2) is 24.1. The molecule has 34 heavy (non-hydrogen) atoms. The summed E-state index contributed by atoms with van der Waals surface area (Å²) in [6.07, 6.45) is 22.2. The Labute approximate surface area is 206 Å². The van der Waals surface area contributed by atoms with Crippen LogP contribution in [0.4, 0.5) is 0 Å². The van der Waals surface area contributed by atoms with E-state index >= 15 is 0 Å². The fourth-order valence-electron chi connectivity index (χ4n) is 3.09. The lowest BCUT2D eigenvalue weighted by atomic mass is 10.1. The molecule has 0 heterocycles. The summed E-state index contributed by atoms with van der Waals surface area (Å²) in [4.78, 5) is 9.40. The van der Waals surface area contributed by atoms with Crippen molar-refractivity contribution in [3.63, 3.8) is 0 Å². The number of phosphoric ester groups is 1. The molecule has 0 spiro atoms. The van der Waals surface area contributed by atoms with Crippen LogP contribution in [0.25, 0.3) is 0 Å². The summed E-state index contributed by atoms with van der Waals surface area (Å²) in [6, 6.07) is 0. The van der Waals surface area contributed by atoms with Crippen LogP contribution in [0.5, 0.6) is 0 Å². The topological polar surface area (TPSA) is 126 Å². The molecule has 0 aliphatic carbocycles. The molecule has 3 atom stereocenters. The monoisotopic (exact) mass is 508 g/mol. The Kier molecular flexibility index (Phi) is 23.7. The molecule has 0 rings (SSSR count). The second-order valence-corrected chi connectivity index (χ2v) is 10.0. The molecule has 0 aromatic rings. The maximum Gasteiger partial charge on any atom is 0.472 e. The predicted molar refractivity (Wildman–Crippen MR) is 136 cm³/mol. The van der Waals surface area contributed by atoms with Crippen molar-refractivity contribution in [2.45, 2.75) is 103 Å². The Morgan fingerprint density at radius 3 is 1.85 bits per heavy atom. The first-order valence-corrected chi connectivity index (χ1v) is 14.4. The van der Waals surface area contributed by atoms with Gasteiger partial charge in [-0.1, -0.05) is 76.2 Å². The smallest absolute Gasteiger partial charge is 0.394 e. The lowest BCUT2D eigenvalue weighted by Crippen LogP contribution is -2.23. The number of aliphatic hydroxyl groups excluding tert-OH is 3. The number of ether oxygens (including phenoxy) is 1. The molecule has 4 N–H and O–H groups in total. The zero-order valence-corrected chi connectivity index (χ0v) is 22.0. The van der Waals surface area contributed by atoms with E-state index in [1.165, 1.54) is 51.4 Å². The van der Waals surface area contributed by atoms with Crippen LogP contribution in [0, 0.1) is 0 Å². The lowest BCUT2D eigenvalue weighted by Gasteiger charge is -2.16. The van der Waals surface area contributed by atoms with E-state index in [2.05, 4.69) is 40.3 Å². The minimum Gasteiger partial charge on any atom is -0.394 e. The van der Waals surface area contributed by atoms with E-state index < -0.39 is 39.9 Å². The first kappa shape index (κ1) is 33.4. The molecule has 0 aromatic heterocycles. The van der Waals surface area contributed by atoms with Crippen LogP contribution < -0.4 is 0 Å². The van der Waals surface area contributed by atoms with Crippen LogP contribution in [0.3, 0.4) is 0 Å². The van der Waals surface area contributed by atoms with Crippen LogP contribution >= 0.6 is 7.82 Å². The molecule has 202 valence electrons. The number of hydrogen-bond donors (Lipinski definition) is 4. The molecular weight excluding hydrogens is 459 g/mol. The van der Waals surface area contributed by atoms with Gasteiger partial charge in [-0.25, -0.2) is 4.57 Å². The number of unbranched alkanes of at least 4 members (excludes halogenated alkanes) is 10. The van der Waals surface area contributed by atoms with Crippen LogP contribution in [0.1, 0.15) is 90.4 Å². The van der Waals surface area contributed by atoms with Crippen molar-refractivity contribution >= 4 is 7.82 Å². The maximum absolute atomic E-state index is 11.5. The highest BCUT2D eigenvalue weighted by Gasteiger charge is 2.24. The maximum atomic E-state index is 11.5. The third-order valence-electron chi connectivity index (χ3n) is 5.12. The van der Waals surface area contributed by atoms with Crippen molar-refractivity contribution < 1.29 is 38.6 Å². The summed E-state index contributed by atoms with van der Waals surface area (Å²) in [7, 11) is -4.39. The molecule has 0 amide bonds. The van der Waals surface area contributed by atoms with Gasteiger partial charge in [0.05, 0.1) is 26.4 Å². The predicted octanol–water partition coefficient (Wildman–Crippen LogP) is 5.05. The molecule has 0 radical (unpaired) electrons. The molecule has 0 aromatic carbocycles. The summed E-state index contributed by atoms with van der Waals surface area (Å²) in [5.41, 5.74) is 0. The second-order valence-electron chi connectivity index (χ2n) is 8.56.